The molecule has 1 aliphatic rings. The number of benzene rings is 1. The van der Waals surface area contributed by atoms with Crippen molar-refractivity contribution >= 4 is 16.7 Å². The van der Waals surface area contributed by atoms with E-state index in [2.05, 4.69) is 19.9 Å². The molecule has 0 bridgehead atoms. The number of hydrogen-bond donors (Lipinski definition) is 0. The lowest BCUT2D eigenvalue weighted by molar-refractivity contribution is 0.593. The molecule has 0 fully saturated rings. The average Bonchev–Trinajstić information content (AvgIpc) is 2.18. The summed E-state index contributed by atoms with van der Waals surface area (Å²) in [5.74, 6) is 0.775. The SMILES string of the molecule is CC(C)=C1CC[S+]([O-])c2ccccc21. The van der Waals surface area contributed by atoms with Gasteiger partial charge in [0, 0.05) is 12.0 Å². The molecule has 1 heterocycles. The Kier molecular flexibility index (Phi) is 2.66. The van der Waals surface area contributed by atoms with Crippen molar-refractivity contribution in [3.8, 4) is 0 Å². The quantitative estimate of drug-likeness (QED) is 0.598. The van der Waals surface area contributed by atoms with E-state index in [0.717, 1.165) is 17.1 Å². The Morgan fingerprint density at radius 2 is 2.00 bits per heavy atom. The van der Waals surface area contributed by atoms with Gasteiger partial charge in [-0.1, -0.05) is 17.7 Å². The first-order chi connectivity index (χ1) is 6.70. The minimum atomic E-state index is -0.787. The zero-order valence-corrected chi connectivity index (χ0v) is 9.36. The van der Waals surface area contributed by atoms with Crippen LogP contribution in [0.5, 0.6) is 0 Å². The molecule has 0 N–H and O–H groups in total. The first-order valence-electron chi connectivity index (χ1n) is 4.84. The third-order valence-corrected chi connectivity index (χ3v) is 4.02. The molecular weight excluding hydrogens is 192 g/mol. The fourth-order valence-electron chi connectivity index (χ4n) is 1.87. The summed E-state index contributed by atoms with van der Waals surface area (Å²) in [5, 5.41) is 0. The zero-order valence-electron chi connectivity index (χ0n) is 8.54. The van der Waals surface area contributed by atoms with Crippen LogP contribution in [-0.4, -0.2) is 10.3 Å². The van der Waals surface area contributed by atoms with Gasteiger partial charge in [-0.3, -0.25) is 0 Å². The van der Waals surface area contributed by atoms with E-state index in [1.807, 2.05) is 18.2 Å². The third kappa shape index (κ3) is 1.60. The lowest BCUT2D eigenvalue weighted by Crippen LogP contribution is -2.15. The standard InChI is InChI=1S/C12H14OS/c1-9(2)10-7-8-14(13)12-6-4-3-5-11(10)12/h3-6H,7-8H2,1-2H3. The minimum Gasteiger partial charge on any atom is -0.611 e. The van der Waals surface area contributed by atoms with Crippen LogP contribution in [0.25, 0.3) is 5.57 Å². The number of hydrogen-bond acceptors (Lipinski definition) is 1. The molecule has 0 spiro atoms. The summed E-state index contributed by atoms with van der Waals surface area (Å²) in [4.78, 5) is 1.01. The fraction of sp³-hybridized carbons (Fsp3) is 0.333. The van der Waals surface area contributed by atoms with Crippen LogP contribution in [0, 0.1) is 0 Å². The van der Waals surface area contributed by atoms with Gasteiger partial charge in [0.05, 0.1) is 0 Å². The highest BCUT2D eigenvalue weighted by Crippen LogP contribution is 2.34. The van der Waals surface area contributed by atoms with Crippen LogP contribution in [0.2, 0.25) is 0 Å². The summed E-state index contributed by atoms with van der Waals surface area (Å²) in [6.07, 6.45) is 0.950. The van der Waals surface area contributed by atoms with Crippen LogP contribution < -0.4 is 0 Å². The Morgan fingerprint density at radius 1 is 1.29 bits per heavy atom. The highest BCUT2D eigenvalue weighted by molar-refractivity contribution is 7.91. The second-order valence-corrected chi connectivity index (χ2v) is 5.31. The lowest BCUT2D eigenvalue weighted by atomic mass is 9.99. The van der Waals surface area contributed by atoms with Gasteiger partial charge >= 0.3 is 0 Å². The number of rotatable bonds is 0. The van der Waals surface area contributed by atoms with Crippen molar-refractivity contribution in [1.29, 1.82) is 0 Å². The van der Waals surface area contributed by atoms with E-state index in [0.29, 0.717) is 0 Å². The summed E-state index contributed by atoms with van der Waals surface area (Å²) in [6.45, 7) is 4.25. The zero-order chi connectivity index (χ0) is 10.1. The molecule has 2 heteroatoms. The Hall–Kier alpha value is -0.730. The van der Waals surface area contributed by atoms with Gasteiger partial charge in [0.25, 0.3) is 0 Å². The molecule has 1 aliphatic heterocycles. The number of fused-ring (bicyclic) bond motifs is 1. The van der Waals surface area contributed by atoms with Gasteiger partial charge in [0.2, 0.25) is 0 Å². The fourth-order valence-corrected chi connectivity index (χ4v) is 3.15. The molecule has 74 valence electrons. The molecule has 1 nitrogen and oxygen atoms in total. The van der Waals surface area contributed by atoms with Gasteiger partial charge in [-0.15, -0.1) is 0 Å². The van der Waals surface area contributed by atoms with E-state index in [1.165, 1.54) is 16.7 Å². The van der Waals surface area contributed by atoms with Gasteiger partial charge in [-0.25, -0.2) is 0 Å². The Bertz CT molecular complexity index is 378. The monoisotopic (exact) mass is 206 g/mol. The van der Waals surface area contributed by atoms with Crippen molar-refractivity contribution in [3.63, 3.8) is 0 Å². The summed E-state index contributed by atoms with van der Waals surface area (Å²) < 4.78 is 11.7. The van der Waals surface area contributed by atoms with Crippen LogP contribution in [0.4, 0.5) is 0 Å². The predicted molar refractivity (Wildman–Crippen MR) is 60.6 cm³/mol. The van der Waals surface area contributed by atoms with Gasteiger partial charge in [0.1, 0.15) is 5.75 Å². The molecule has 1 aromatic carbocycles. The number of allylic oxidation sites excluding steroid dienone is 2. The van der Waals surface area contributed by atoms with Crippen molar-refractivity contribution in [1.82, 2.24) is 0 Å². The molecule has 0 radical (unpaired) electrons. The molecule has 2 rings (SSSR count). The topological polar surface area (TPSA) is 23.1 Å². The maximum Gasteiger partial charge on any atom is 0.160 e. The first-order valence-corrected chi connectivity index (χ1v) is 6.16. The Balaban J connectivity index is 2.58. The first kappa shape index (κ1) is 9.81. The van der Waals surface area contributed by atoms with E-state index in [1.54, 1.807) is 0 Å². The van der Waals surface area contributed by atoms with E-state index in [4.69, 9.17) is 0 Å². The molecule has 0 amide bonds. The van der Waals surface area contributed by atoms with E-state index in [9.17, 15) is 4.55 Å². The highest BCUT2D eigenvalue weighted by atomic mass is 32.2. The average molecular weight is 206 g/mol. The Labute approximate surface area is 88.0 Å². The van der Waals surface area contributed by atoms with Gasteiger partial charge in [-0.05, 0) is 42.7 Å². The van der Waals surface area contributed by atoms with Gasteiger partial charge in [-0.2, -0.15) is 0 Å². The molecule has 0 saturated heterocycles. The van der Waals surface area contributed by atoms with E-state index in [-0.39, 0.29) is 0 Å². The van der Waals surface area contributed by atoms with Crippen molar-refractivity contribution < 1.29 is 4.55 Å². The predicted octanol–water partition coefficient (Wildman–Crippen LogP) is 2.99. The molecule has 1 unspecified atom stereocenters. The molecule has 0 aromatic heterocycles. The molecule has 1 aromatic rings. The third-order valence-electron chi connectivity index (χ3n) is 2.60. The van der Waals surface area contributed by atoms with Crippen LogP contribution in [0.1, 0.15) is 25.8 Å². The van der Waals surface area contributed by atoms with Crippen LogP contribution >= 0.6 is 0 Å². The molecule has 1 atom stereocenters. The maximum absolute atomic E-state index is 11.7. The van der Waals surface area contributed by atoms with Crippen LogP contribution in [0.15, 0.2) is 34.7 Å². The molecule has 14 heavy (non-hydrogen) atoms. The van der Waals surface area contributed by atoms with Crippen LogP contribution in [0.3, 0.4) is 0 Å². The Morgan fingerprint density at radius 3 is 2.71 bits per heavy atom. The highest BCUT2D eigenvalue weighted by Gasteiger charge is 2.24. The summed E-state index contributed by atoms with van der Waals surface area (Å²) in [5.41, 5.74) is 3.91. The minimum absolute atomic E-state index is 0.775. The van der Waals surface area contributed by atoms with Crippen molar-refractivity contribution in [2.24, 2.45) is 0 Å². The molecule has 0 aliphatic carbocycles. The molecule has 0 saturated carbocycles. The summed E-state index contributed by atoms with van der Waals surface area (Å²) >= 11 is -0.787. The maximum atomic E-state index is 11.7. The van der Waals surface area contributed by atoms with Crippen molar-refractivity contribution in [2.75, 3.05) is 5.75 Å². The van der Waals surface area contributed by atoms with Crippen LogP contribution in [-0.2, 0) is 11.2 Å². The van der Waals surface area contributed by atoms with E-state index >= 15 is 0 Å². The molecular formula is C12H14OS. The normalized spacial score (nSPS) is 20.5. The lowest BCUT2D eigenvalue weighted by Gasteiger charge is -2.22. The van der Waals surface area contributed by atoms with Crippen molar-refractivity contribution in [3.05, 3.63) is 35.4 Å². The summed E-state index contributed by atoms with van der Waals surface area (Å²) in [7, 11) is 0. The second-order valence-electron chi connectivity index (χ2n) is 3.77. The summed E-state index contributed by atoms with van der Waals surface area (Å²) in [6, 6.07) is 8.04. The van der Waals surface area contributed by atoms with E-state index < -0.39 is 11.2 Å². The largest absolute Gasteiger partial charge is 0.611 e. The van der Waals surface area contributed by atoms with Crippen molar-refractivity contribution in [2.45, 2.75) is 25.2 Å². The van der Waals surface area contributed by atoms with Gasteiger partial charge in [0.15, 0.2) is 4.90 Å². The van der Waals surface area contributed by atoms with Gasteiger partial charge < -0.3 is 4.55 Å². The smallest absolute Gasteiger partial charge is 0.160 e. The second kappa shape index (κ2) is 3.79.